The van der Waals surface area contributed by atoms with Crippen LogP contribution in [0.15, 0.2) is 24.3 Å². The molecule has 2 unspecified atom stereocenters. The first-order valence-corrected chi connectivity index (χ1v) is 7.72. The molecule has 1 amide bonds. The molecule has 0 bridgehead atoms. The standard InChI is InChI=1S/C17H24FNO2/c1-3-12(2)15(20)11-19-16(21)17(9-4-10-17)13-5-7-14(18)8-6-13/h5-8,12,15,20H,3-4,9-11H2,1-2H3,(H,19,21). The SMILES string of the molecule is CCC(C)C(O)CNC(=O)C1(c2ccc(F)cc2)CCC1. The normalized spacial score (nSPS) is 19.4. The molecular formula is C17H24FNO2. The van der Waals surface area contributed by atoms with E-state index in [-0.39, 0.29) is 24.2 Å². The Morgan fingerprint density at radius 3 is 2.48 bits per heavy atom. The summed E-state index contributed by atoms with van der Waals surface area (Å²) in [6, 6.07) is 6.19. The molecule has 0 heterocycles. The second-order valence-electron chi connectivity index (χ2n) is 6.11. The third-order valence-corrected chi connectivity index (χ3v) is 4.81. The molecule has 2 rings (SSSR count). The summed E-state index contributed by atoms with van der Waals surface area (Å²) in [6.45, 7) is 4.26. The van der Waals surface area contributed by atoms with Crippen LogP contribution in [-0.4, -0.2) is 23.7 Å². The summed E-state index contributed by atoms with van der Waals surface area (Å²) in [7, 11) is 0. The number of nitrogens with one attached hydrogen (secondary N) is 1. The first kappa shape index (κ1) is 16.0. The fourth-order valence-electron chi connectivity index (χ4n) is 2.79. The van der Waals surface area contributed by atoms with Gasteiger partial charge in [0, 0.05) is 6.54 Å². The number of hydrogen-bond acceptors (Lipinski definition) is 2. The zero-order valence-electron chi connectivity index (χ0n) is 12.7. The van der Waals surface area contributed by atoms with Crippen molar-refractivity contribution in [3.63, 3.8) is 0 Å². The number of aliphatic hydroxyl groups excluding tert-OH is 1. The molecule has 3 nitrogen and oxygen atoms in total. The number of benzene rings is 1. The maximum absolute atomic E-state index is 13.0. The van der Waals surface area contributed by atoms with E-state index in [1.54, 1.807) is 12.1 Å². The van der Waals surface area contributed by atoms with Gasteiger partial charge in [0.1, 0.15) is 5.82 Å². The van der Waals surface area contributed by atoms with Crippen molar-refractivity contribution < 1.29 is 14.3 Å². The first-order valence-electron chi connectivity index (χ1n) is 7.72. The van der Waals surface area contributed by atoms with Gasteiger partial charge >= 0.3 is 0 Å². The van der Waals surface area contributed by atoms with Crippen LogP contribution in [0.3, 0.4) is 0 Å². The van der Waals surface area contributed by atoms with Crippen molar-refractivity contribution in [3.8, 4) is 0 Å². The zero-order chi connectivity index (χ0) is 15.5. The van der Waals surface area contributed by atoms with Gasteiger partial charge in [0.2, 0.25) is 5.91 Å². The summed E-state index contributed by atoms with van der Waals surface area (Å²) < 4.78 is 13.0. The van der Waals surface area contributed by atoms with Gasteiger partial charge < -0.3 is 10.4 Å². The molecule has 1 aromatic carbocycles. The quantitative estimate of drug-likeness (QED) is 0.847. The lowest BCUT2D eigenvalue weighted by atomic mass is 9.64. The van der Waals surface area contributed by atoms with Gasteiger partial charge in [-0.15, -0.1) is 0 Å². The van der Waals surface area contributed by atoms with Crippen molar-refractivity contribution in [1.29, 1.82) is 0 Å². The van der Waals surface area contributed by atoms with E-state index >= 15 is 0 Å². The lowest BCUT2D eigenvalue weighted by Crippen LogP contribution is -2.51. The second-order valence-corrected chi connectivity index (χ2v) is 6.11. The Morgan fingerprint density at radius 2 is 2.00 bits per heavy atom. The van der Waals surface area contributed by atoms with E-state index in [1.807, 2.05) is 13.8 Å². The Balaban J connectivity index is 2.03. The molecule has 1 aromatic rings. The van der Waals surface area contributed by atoms with Crippen molar-refractivity contribution in [2.75, 3.05) is 6.54 Å². The van der Waals surface area contributed by atoms with Crippen LogP contribution < -0.4 is 5.32 Å². The van der Waals surface area contributed by atoms with Gasteiger partial charge in [-0.1, -0.05) is 38.8 Å². The Hall–Kier alpha value is -1.42. The smallest absolute Gasteiger partial charge is 0.230 e. The van der Waals surface area contributed by atoms with Gasteiger partial charge in [-0.25, -0.2) is 4.39 Å². The molecule has 1 saturated carbocycles. The monoisotopic (exact) mass is 293 g/mol. The molecule has 0 aliphatic heterocycles. The topological polar surface area (TPSA) is 49.3 Å². The highest BCUT2D eigenvalue weighted by atomic mass is 19.1. The van der Waals surface area contributed by atoms with Crippen molar-refractivity contribution in [2.24, 2.45) is 5.92 Å². The Labute approximate surface area is 125 Å². The average Bonchev–Trinajstić information content (AvgIpc) is 2.44. The third kappa shape index (κ3) is 3.26. The average molecular weight is 293 g/mol. The number of carbonyl (C=O) groups is 1. The first-order chi connectivity index (χ1) is 9.99. The van der Waals surface area contributed by atoms with Gasteiger partial charge in [0.15, 0.2) is 0 Å². The van der Waals surface area contributed by atoms with Gasteiger partial charge in [0.25, 0.3) is 0 Å². The minimum atomic E-state index is -0.539. The van der Waals surface area contributed by atoms with E-state index in [0.29, 0.717) is 0 Å². The van der Waals surface area contributed by atoms with Gasteiger partial charge in [-0.3, -0.25) is 4.79 Å². The molecule has 0 radical (unpaired) electrons. The van der Waals surface area contributed by atoms with E-state index in [1.165, 1.54) is 12.1 Å². The fraction of sp³-hybridized carbons (Fsp3) is 0.588. The van der Waals surface area contributed by atoms with Gasteiger partial charge in [-0.05, 0) is 36.5 Å². The highest BCUT2D eigenvalue weighted by Gasteiger charge is 2.45. The van der Waals surface area contributed by atoms with Crippen LogP contribution in [0.2, 0.25) is 0 Å². The summed E-state index contributed by atoms with van der Waals surface area (Å²) in [6.07, 6.45) is 2.91. The maximum atomic E-state index is 13.0. The van der Waals surface area contributed by atoms with Crippen LogP contribution in [0.5, 0.6) is 0 Å². The van der Waals surface area contributed by atoms with Crippen LogP contribution in [0.25, 0.3) is 0 Å². The van der Waals surface area contributed by atoms with Crippen LogP contribution in [-0.2, 0) is 10.2 Å². The lowest BCUT2D eigenvalue weighted by Gasteiger charge is -2.41. The molecule has 1 aliphatic rings. The highest BCUT2D eigenvalue weighted by molar-refractivity contribution is 5.89. The van der Waals surface area contributed by atoms with E-state index in [0.717, 1.165) is 31.2 Å². The van der Waals surface area contributed by atoms with Crippen LogP contribution >= 0.6 is 0 Å². The largest absolute Gasteiger partial charge is 0.391 e. The Bertz CT molecular complexity index is 482. The summed E-state index contributed by atoms with van der Waals surface area (Å²) in [5, 5.41) is 12.8. The summed E-state index contributed by atoms with van der Waals surface area (Å²) in [5.74, 6) is -0.183. The minimum absolute atomic E-state index is 0.0530. The number of aliphatic hydroxyl groups is 1. The number of hydrogen-bond donors (Lipinski definition) is 2. The molecule has 0 saturated heterocycles. The predicted molar refractivity (Wildman–Crippen MR) is 80.4 cm³/mol. The van der Waals surface area contributed by atoms with Crippen molar-refractivity contribution in [1.82, 2.24) is 5.32 Å². The molecule has 4 heteroatoms. The number of amides is 1. The van der Waals surface area contributed by atoms with Crippen LogP contribution in [0, 0.1) is 11.7 Å². The van der Waals surface area contributed by atoms with E-state index in [4.69, 9.17) is 0 Å². The lowest BCUT2D eigenvalue weighted by molar-refractivity contribution is -0.130. The van der Waals surface area contributed by atoms with Gasteiger partial charge in [-0.2, -0.15) is 0 Å². The molecule has 1 fully saturated rings. The number of rotatable bonds is 6. The summed E-state index contributed by atoms with van der Waals surface area (Å²) in [5.41, 5.74) is 0.328. The van der Waals surface area contributed by atoms with Crippen molar-refractivity contribution >= 4 is 5.91 Å². The highest BCUT2D eigenvalue weighted by Crippen LogP contribution is 2.44. The van der Waals surface area contributed by atoms with Crippen molar-refractivity contribution in [2.45, 2.75) is 51.0 Å². The third-order valence-electron chi connectivity index (χ3n) is 4.81. The predicted octanol–water partition coefficient (Wildman–Crippen LogP) is 2.77. The molecular weight excluding hydrogens is 269 g/mol. The zero-order valence-corrected chi connectivity index (χ0v) is 12.7. The number of halogens is 1. The van der Waals surface area contributed by atoms with Gasteiger partial charge in [0.05, 0.1) is 11.5 Å². The Morgan fingerprint density at radius 1 is 1.38 bits per heavy atom. The maximum Gasteiger partial charge on any atom is 0.230 e. The summed E-state index contributed by atoms with van der Waals surface area (Å²) in [4.78, 5) is 12.5. The fourth-order valence-corrected chi connectivity index (χ4v) is 2.79. The molecule has 1 aliphatic carbocycles. The minimum Gasteiger partial charge on any atom is -0.391 e. The van der Waals surface area contributed by atoms with E-state index in [9.17, 15) is 14.3 Å². The molecule has 116 valence electrons. The molecule has 2 N–H and O–H groups in total. The van der Waals surface area contributed by atoms with E-state index < -0.39 is 11.5 Å². The number of carbonyl (C=O) groups excluding carboxylic acids is 1. The molecule has 21 heavy (non-hydrogen) atoms. The second kappa shape index (κ2) is 6.56. The van der Waals surface area contributed by atoms with E-state index in [2.05, 4.69) is 5.32 Å². The Kier molecular flexibility index (Phi) is 4.99. The molecule has 2 atom stereocenters. The van der Waals surface area contributed by atoms with Crippen LogP contribution in [0.1, 0.15) is 45.1 Å². The summed E-state index contributed by atoms with van der Waals surface area (Å²) >= 11 is 0. The van der Waals surface area contributed by atoms with Crippen molar-refractivity contribution in [3.05, 3.63) is 35.6 Å². The molecule has 0 aromatic heterocycles. The van der Waals surface area contributed by atoms with Crippen LogP contribution in [0.4, 0.5) is 4.39 Å². The molecule has 0 spiro atoms.